The molecule has 2 N–H and O–H groups in total. The van der Waals surface area contributed by atoms with Crippen LogP contribution in [0.3, 0.4) is 0 Å². The van der Waals surface area contributed by atoms with Crippen LogP contribution in [0.2, 0.25) is 0 Å². The molecule has 5 rings (SSSR count). The first-order valence-corrected chi connectivity index (χ1v) is 11.6. The highest BCUT2D eigenvalue weighted by atomic mass is 19.1. The number of pyridine rings is 1. The Morgan fingerprint density at radius 1 is 1.25 bits per heavy atom. The smallest absolute Gasteiger partial charge is 0.251 e. The van der Waals surface area contributed by atoms with Crippen molar-refractivity contribution in [1.29, 1.82) is 5.26 Å². The molecule has 1 saturated carbocycles. The minimum absolute atomic E-state index is 0.0232. The minimum atomic E-state index is -0.769. The zero-order valence-electron chi connectivity index (χ0n) is 19.8. The Labute approximate surface area is 205 Å². The summed E-state index contributed by atoms with van der Waals surface area (Å²) in [5, 5.41) is 26.7. The number of aromatic nitrogens is 4. The molecule has 184 valence electrons. The van der Waals surface area contributed by atoms with Crippen LogP contribution < -0.4 is 5.32 Å². The largest absolute Gasteiger partial charge is 0.390 e. The van der Waals surface area contributed by atoms with Gasteiger partial charge in [-0.05, 0) is 50.8 Å². The molecule has 0 aliphatic heterocycles. The molecule has 1 aliphatic rings. The van der Waals surface area contributed by atoms with Gasteiger partial charge in [-0.3, -0.25) is 13.9 Å². The number of carbonyl (C=O) groups excluding carboxylic acids is 1. The second kappa shape index (κ2) is 8.84. The van der Waals surface area contributed by atoms with Crippen molar-refractivity contribution >= 4 is 11.6 Å². The summed E-state index contributed by atoms with van der Waals surface area (Å²) in [7, 11) is 1.56. The second-order valence-corrected chi connectivity index (χ2v) is 9.48. The first-order chi connectivity index (χ1) is 17.2. The van der Waals surface area contributed by atoms with Crippen molar-refractivity contribution in [2.24, 2.45) is 7.05 Å². The average molecular weight is 491 g/mol. The van der Waals surface area contributed by atoms with Crippen LogP contribution in [0.4, 0.5) is 8.78 Å². The summed E-state index contributed by atoms with van der Waals surface area (Å²) >= 11 is 0. The molecular formula is C26H24F2N6O2. The normalized spacial score (nSPS) is 19.8. The number of nitrogens with one attached hydrogen (secondary N) is 1. The molecule has 1 amide bonds. The molecule has 1 aliphatic carbocycles. The van der Waals surface area contributed by atoms with Crippen LogP contribution in [0.25, 0.3) is 28.0 Å². The topological polar surface area (TPSA) is 108 Å². The maximum Gasteiger partial charge on any atom is 0.251 e. The van der Waals surface area contributed by atoms with Crippen molar-refractivity contribution in [1.82, 2.24) is 24.5 Å². The molecular weight excluding hydrogens is 466 g/mol. The third-order valence-electron chi connectivity index (χ3n) is 6.72. The third kappa shape index (κ3) is 4.22. The predicted molar refractivity (Wildman–Crippen MR) is 128 cm³/mol. The number of nitriles is 1. The van der Waals surface area contributed by atoms with Gasteiger partial charge in [-0.2, -0.15) is 9.65 Å². The number of nitrogens with zero attached hydrogens (tertiary/aromatic N) is 5. The molecule has 0 radical (unpaired) electrons. The van der Waals surface area contributed by atoms with E-state index >= 15 is 4.39 Å². The number of carbonyl (C=O) groups is 1. The highest BCUT2D eigenvalue weighted by Gasteiger charge is 2.30. The van der Waals surface area contributed by atoms with Gasteiger partial charge < -0.3 is 10.4 Å². The first kappa shape index (κ1) is 23.6. The maximum atomic E-state index is 15.1. The molecule has 8 nitrogen and oxygen atoms in total. The lowest BCUT2D eigenvalue weighted by molar-refractivity contribution is 0.0140. The lowest BCUT2D eigenvalue weighted by atomic mass is 9.83. The number of benzene rings is 1. The van der Waals surface area contributed by atoms with E-state index in [0.29, 0.717) is 31.2 Å². The average Bonchev–Trinajstić information content (AvgIpc) is 3.37. The molecule has 36 heavy (non-hydrogen) atoms. The number of imidazole rings is 1. The molecule has 0 unspecified atom stereocenters. The van der Waals surface area contributed by atoms with Crippen LogP contribution in [0.1, 0.15) is 48.7 Å². The Morgan fingerprint density at radius 3 is 2.67 bits per heavy atom. The molecule has 0 atom stereocenters. The lowest BCUT2D eigenvalue weighted by Crippen LogP contribution is -2.42. The van der Waals surface area contributed by atoms with Gasteiger partial charge in [0.2, 0.25) is 5.95 Å². The van der Waals surface area contributed by atoms with Crippen molar-refractivity contribution in [3.63, 3.8) is 0 Å². The summed E-state index contributed by atoms with van der Waals surface area (Å²) in [6.07, 6.45) is 5.53. The van der Waals surface area contributed by atoms with E-state index < -0.39 is 17.4 Å². The summed E-state index contributed by atoms with van der Waals surface area (Å²) in [6, 6.07) is 9.33. The quantitative estimate of drug-likeness (QED) is 0.450. The molecule has 1 aromatic carbocycles. The standard InChI is InChI=1S/C26H24F2N6O2/c1-26(36)9-6-16(7-10-26)30-25(35)15-8-11-34-20(13-29)23(31-21(34)12-15)22-17(4-3-5-19(22)27)18-14-33(2)32-24(18)28/h3-5,8,11-12,14,16,36H,6-7,9-10H2,1-2H3,(H,30,35). The van der Waals surface area contributed by atoms with Crippen LogP contribution in [0.15, 0.2) is 42.7 Å². The Hall–Kier alpha value is -4.10. The molecule has 1 fully saturated rings. The summed E-state index contributed by atoms with van der Waals surface area (Å²) in [6.45, 7) is 1.80. The zero-order chi connectivity index (χ0) is 25.6. The number of rotatable bonds is 4. The van der Waals surface area contributed by atoms with Gasteiger partial charge in [0.1, 0.15) is 23.2 Å². The van der Waals surface area contributed by atoms with Crippen LogP contribution in [0.5, 0.6) is 0 Å². The fourth-order valence-electron chi connectivity index (χ4n) is 4.75. The summed E-state index contributed by atoms with van der Waals surface area (Å²) < 4.78 is 32.4. The number of aryl methyl sites for hydroxylation is 1. The number of hydrogen-bond acceptors (Lipinski definition) is 5. The van der Waals surface area contributed by atoms with Gasteiger partial charge in [0.25, 0.3) is 5.91 Å². The Bertz CT molecular complexity index is 1520. The SMILES string of the molecule is Cn1cc(-c2cccc(F)c2-c2nc3cc(C(=O)NC4CCC(C)(O)CC4)ccn3c2C#N)c(F)n1. The molecule has 3 heterocycles. The lowest BCUT2D eigenvalue weighted by Gasteiger charge is -2.33. The zero-order valence-corrected chi connectivity index (χ0v) is 19.8. The molecule has 0 spiro atoms. The van der Waals surface area contributed by atoms with Gasteiger partial charge in [-0.1, -0.05) is 12.1 Å². The Kier molecular flexibility index (Phi) is 5.80. The molecule has 10 heteroatoms. The van der Waals surface area contributed by atoms with Gasteiger partial charge in [-0.25, -0.2) is 9.37 Å². The van der Waals surface area contributed by atoms with E-state index in [9.17, 15) is 19.6 Å². The summed E-state index contributed by atoms with van der Waals surface area (Å²) in [4.78, 5) is 17.4. The summed E-state index contributed by atoms with van der Waals surface area (Å²) in [5.41, 5.74) is 0.290. The minimum Gasteiger partial charge on any atom is -0.390 e. The molecule has 3 aromatic heterocycles. The van der Waals surface area contributed by atoms with Crippen molar-refractivity contribution < 1.29 is 18.7 Å². The Morgan fingerprint density at radius 2 is 2.00 bits per heavy atom. The molecule has 0 bridgehead atoms. The van der Waals surface area contributed by atoms with Gasteiger partial charge >= 0.3 is 0 Å². The molecule has 0 saturated heterocycles. The van der Waals surface area contributed by atoms with E-state index in [1.165, 1.54) is 39.7 Å². The first-order valence-electron chi connectivity index (χ1n) is 11.6. The number of aliphatic hydroxyl groups is 1. The van der Waals surface area contributed by atoms with Crippen LogP contribution in [-0.2, 0) is 7.05 Å². The van der Waals surface area contributed by atoms with Gasteiger partial charge in [0.15, 0.2) is 5.69 Å². The highest BCUT2D eigenvalue weighted by Crippen LogP contribution is 2.37. The molecule has 4 aromatic rings. The van der Waals surface area contributed by atoms with Gasteiger partial charge in [0.05, 0.1) is 11.2 Å². The third-order valence-corrected chi connectivity index (χ3v) is 6.72. The fraction of sp³-hybridized carbons (Fsp3) is 0.308. The highest BCUT2D eigenvalue weighted by molar-refractivity contribution is 5.95. The van der Waals surface area contributed by atoms with E-state index in [-0.39, 0.29) is 45.7 Å². The predicted octanol–water partition coefficient (Wildman–Crippen LogP) is 3.98. The number of hydrogen-bond donors (Lipinski definition) is 2. The van der Waals surface area contributed by atoms with E-state index in [0.717, 1.165) is 0 Å². The van der Waals surface area contributed by atoms with Crippen LogP contribution in [0, 0.1) is 23.1 Å². The van der Waals surface area contributed by atoms with E-state index in [1.807, 2.05) is 0 Å². The fourth-order valence-corrected chi connectivity index (χ4v) is 4.75. The van der Waals surface area contributed by atoms with Crippen molar-refractivity contribution in [3.8, 4) is 28.5 Å². The van der Waals surface area contributed by atoms with E-state index in [4.69, 9.17) is 0 Å². The number of fused-ring (bicyclic) bond motifs is 1. The van der Waals surface area contributed by atoms with Crippen molar-refractivity contribution in [3.05, 3.63) is 65.7 Å². The van der Waals surface area contributed by atoms with Crippen LogP contribution >= 0.6 is 0 Å². The summed E-state index contributed by atoms with van der Waals surface area (Å²) in [5.74, 6) is -1.73. The van der Waals surface area contributed by atoms with Gasteiger partial charge in [-0.15, -0.1) is 5.10 Å². The van der Waals surface area contributed by atoms with Crippen molar-refractivity contribution in [2.45, 2.75) is 44.2 Å². The van der Waals surface area contributed by atoms with Gasteiger partial charge in [0, 0.05) is 42.2 Å². The van der Waals surface area contributed by atoms with E-state index in [1.54, 1.807) is 26.1 Å². The van der Waals surface area contributed by atoms with E-state index in [2.05, 4.69) is 21.5 Å². The monoisotopic (exact) mass is 490 g/mol. The Balaban J connectivity index is 1.53. The maximum absolute atomic E-state index is 15.1. The number of halogens is 2. The van der Waals surface area contributed by atoms with Crippen molar-refractivity contribution in [2.75, 3.05) is 0 Å². The number of amides is 1. The second-order valence-electron chi connectivity index (χ2n) is 9.48. The van der Waals surface area contributed by atoms with Crippen LogP contribution in [-0.4, -0.2) is 41.8 Å².